The standard InChI is InChI=1S/C18H21N5O2/c1-18(2,3)25-17(24)22-15-14-8-9-23(16(14)21-11-20-15)13-7-5-6-12(10-13)19-4/h5-11,19H,1-4H3,(H,20,21,22,24). The molecule has 3 rings (SSSR count). The lowest BCUT2D eigenvalue weighted by Gasteiger charge is -2.19. The third-order valence-corrected chi connectivity index (χ3v) is 3.51. The highest BCUT2D eigenvalue weighted by Crippen LogP contribution is 2.25. The van der Waals surface area contributed by atoms with E-state index in [2.05, 4.69) is 20.6 Å². The molecule has 0 radical (unpaired) electrons. The van der Waals surface area contributed by atoms with E-state index in [0.717, 1.165) is 16.8 Å². The molecule has 130 valence electrons. The smallest absolute Gasteiger partial charge is 0.413 e. The first-order chi connectivity index (χ1) is 11.9. The van der Waals surface area contributed by atoms with Gasteiger partial charge in [0.25, 0.3) is 0 Å². The van der Waals surface area contributed by atoms with Gasteiger partial charge >= 0.3 is 6.09 Å². The molecule has 0 unspecified atom stereocenters. The van der Waals surface area contributed by atoms with E-state index in [9.17, 15) is 4.79 Å². The van der Waals surface area contributed by atoms with E-state index in [-0.39, 0.29) is 0 Å². The predicted octanol–water partition coefficient (Wildman–Crippen LogP) is 3.81. The number of amides is 1. The molecule has 0 fully saturated rings. The molecule has 7 nitrogen and oxygen atoms in total. The van der Waals surface area contributed by atoms with Crippen molar-refractivity contribution in [3.05, 3.63) is 42.9 Å². The number of carbonyl (C=O) groups excluding carboxylic acids is 1. The van der Waals surface area contributed by atoms with Crippen LogP contribution in [0.15, 0.2) is 42.9 Å². The third kappa shape index (κ3) is 3.71. The van der Waals surface area contributed by atoms with Crippen LogP contribution in [0.4, 0.5) is 16.3 Å². The number of hydrogen-bond acceptors (Lipinski definition) is 5. The van der Waals surface area contributed by atoms with Crippen LogP contribution in [0.25, 0.3) is 16.7 Å². The van der Waals surface area contributed by atoms with Gasteiger partial charge in [-0.15, -0.1) is 0 Å². The molecule has 0 spiro atoms. The molecule has 0 saturated carbocycles. The molecule has 2 N–H and O–H groups in total. The first-order valence-corrected chi connectivity index (χ1v) is 7.97. The van der Waals surface area contributed by atoms with Crippen LogP contribution in [0.5, 0.6) is 0 Å². The summed E-state index contributed by atoms with van der Waals surface area (Å²) >= 11 is 0. The molecule has 0 aliphatic carbocycles. The van der Waals surface area contributed by atoms with Crippen LogP contribution in [0.1, 0.15) is 20.8 Å². The molecule has 0 aliphatic heterocycles. The van der Waals surface area contributed by atoms with Gasteiger partial charge in [-0.3, -0.25) is 5.32 Å². The zero-order chi connectivity index (χ0) is 18.0. The highest BCUT2D eigenvalue weighted by atomic mass is 16.6. The zero-order valence-corrected chi connectivity index (χ0v) is 14.7. The van der Waals surface area contributed by atoms with Crippen molar-refractivity contribution >= 4 is 28.6 Å². The van der Waals surface area contributed by atoms with E-state index >= 15 is 0 Å². The lowest BCUT2D eigenvalue weighted by Crippen LogP contribution is -2.27. The summed E-state index contributed by atoms with van der Waals surface area (Å²) < 4.78 is 7.23. The van der Waals surface area contributed by atoms with E-state index < -0.39 is 11.7 Å². The van der Waals surface area contributed by atoms with Crippen LogP contribution in [0, 0.1) is 0 Å². The predicted molar refractivity (Wildman–Crippen MR) is 98.3 cm³/mol. The molecule has 0 bridgehead atoms. The van der Waals surface area contributed by atoms with Gasteiger partial charge in [0.2, 0.25) is 0 Å². The Labute approximate surface area is 146 Å². The molecule has 0 saturated heterocycles. The molecule has 7 heteroatoms. The second-order valence-corrected chi connectivity index (χ2v) is 6.57. The van der Waals surface area contributed by atoms with Gasteiger partial charge in [-0.1, -0.05) is 6.07 Å². The zero-order valence-electron chi connectivity index (χ0n) is 14.7. The minimum absolute atomic E-state index is 0.419. The van der Waals surface area contributed by atoms with E-state index in [1.54, 1.807) is 0 Å². The summed E-state index contributed by atoms with van der Waals surface area (Å²) in [6.45, 7) is 5.44. The van der Waals surface area contributed by atoms with Crippen molar-refractivity contribution in [2.24, 2.45) is 0 Å². The first-order valence-electron chi connectivity index (χ1n) is 7.97. The van der Waals surface area contributed by atoms with Gasteiger partial charge in [-0.2, -0.15) is 0 Å². The molecule has 1 amide bonds. The fourth-order valence-corrected chi connectivity index (χ4v) is 2.47. The Morgan fingerprint density at radius 1 is 1.20 bits per heavy atom. The van der Waals surface area contributed by atoms with Crippen molar-refractivity contribution in [1.29, 1.82) is 0 Å². The number of benzene rings is 1. The summed E-state index contributed by atoms with van der Waals surface area (Å²) in [5, 5.41) is 6.55. The van der Waals surface area contributed by atoms with Gasteiger partial charge < -0.3 is 14.6 Å². The normalized spacial score (nSPS) is 11.4. The molecule has 0 atom stereocenters. The Hall–Kier alpha value is -3.09. The number of carbonyl (C=O) groups is 1. The minimum atomic E-state index is -0.574. The van der Waals surface area contributed by atoms with Gasteiger partial charge in [-0.25, -0.2) is 14.8 Å². The Balaban J connectivity index is 1.96. The second-order valence-electron chi connectivity index (χ2n) is 6.57. The highest BCUT2D eigenvalue weighted by molar-refractivity contribution is 5.96. The average Bonchev–Trinajstić information content (AvgIpc) is 2.98. The topological polar surface area (TPSA) is 81.1 Å². The summed E-state index contributed by atoms with van der Waals surface area (Å²) in [6, 6.07) is 9.83. The number of aromatic nitrogens is 3. The largest absolute Gasteiger partial charge is 0.444 e. The van der Waals surface area contributed by atoms with Crippen LogP contribution in [0.2, 0.25) is 0 Å². The number of hydrogen-bond donors (Lipinski definition) is 2. The summed E-state index contributed by atoms with van der Waals surface area (Å²) in [5.74, 6) is 0.419. The van der Waals surface area contributed by atoms with Crippen molar-refractivity contribution in [3.63, 3.8) is 0 Å². The number of nitrogens with one attached hydrogen (secondary N) is 2. The van der Waals surface area contributed by atoms with Crippen molar-refractivity contribution in [1.82, 2.24) is 14.5 Å². The summed E-state index contributed by atoms with van der Waals surface area (Å²) in [6.07, 6.45) is 2.78. The maximum Gasteiger partial charge on any atom is 0.413 e. The van der Waals surface area contributed by atoms with Crippen LogP contribution < -0.4 is 10.6 Å². The summed E-state index contributed by atoms with van der Waals surface area (Å²) in [4.78, 5) is 20.5. The molecule has 2 heterocycles. The lowest BCUT2D eigenvalue weighted by atomic mass is 10.2. The van der Waals surface area contributed by atoms with Crippen molar-refractivity contribution in [2.75, 3.05) is 17.7 Å². The SMILES string of the molecule is CNc1cccc(-n2ccc3c(NC(=O)OC(C)(C)C)ncnc32)c1. The quantitative estimate of drug-likeness (QED) is 0.758. The summed E-state index contributed by atoms with van der Waals surface area (Å²) in [7, 11) is 1.87. The maximum atomic E-state index is 12.0. The Morgan fingerprint density at radius 2 is 2.00 bits per heavy atom. The minimum Gasteiger partial charge on any atom is -0.444 e. The van der Waals surface area contributed by atoms with Crippen molar-refractivity contribution < 1.29 is 9.53 Å². The molecule has 2 aromatic heterocycles. The number of anilines is 2. The van der Waals surface area contributed by atoms with Gasteiger partial charge in [0.1, 0.15) is 23.4 Å². The summed E-state index contributed by atoms with van der Waals surface area (Å²) in [5.41, 5.74) is 2.09. The van der Waals surface area contributed by atoms with E-state index in [4.69, 9.17) is 4.74 Å². The molecule has 1 aromatic carbocycles. The Kier molecular flexibility index (Phi) is 4.31. The van der Waals surface area contributed by atoms with Crippen molar-refractivity contribution in [3.8, 4) is 5.69 Å². The molecule has 25 heavy (non-hydrogen) atoms. The first kappa shape index (κ1) is 16.8. The van der Waals surface area contributed by atoms with E-state index in [1.165, 1.54) is 6.33 Å². The van der Waals surface area contributed by atoms with Gasteiger partial charge in [0, 0.05) is 24.6 Å². The molecule has 0 aliphatic rings. The molecular formula is C18H21N5O2. The number of ether oxygens (including phenoxy) is 1. The Morgan fingerprint density at radius 3 is 2.72 bits per heavy atom. The van der Waals surface area contributed by atoms with Gasteiger partial charge in [0.15, 0.2) is 0 Å². The van der Waals surface area contributed by atoms with E-state index in [0.29, 0.717) is 11.5 Å². The van der Waals surface area contributed by atoms with Crippen LogP contribution in [0.3, 0.4) is 0 Å². The average molecular weight is 339 g/mol. The number of fused-ring (bicyclic) bond motifs is 1. The monoisotopic (exact) mass is 339 g/mol. The van der Waals surface area contributed by atoms with Gasteiger partial charge in [0.05, 0.1) is 5.39 Å². The van der Waals surface area contributed by atoms with Gasteiger partial charge in [-0.05, 0) is 45.0 Å². The molecular weight excluding hydrogens is 318 g/mol. The number of rotatable bonds is 3. The Bertz CT molecular complexity index is 911. The fourth-order valence-electron chi connectivity index (χ4n) is 2.47. The van der Waals surface area contributed by atoms with Crippen LogP contribution >= 0.6 is 0 Å². The second kappa shape index (κ2) is 6.43. The number of nitrogens with zero attached hydrogens (tertiary/aromatic N) is 3. The van der Waals surface area contributed by atoms with E-state index in [1.807, 2.05) is 68.9 Å². The van der Waals surface area contributed by atoms with Crippen LogP contribution in [-0.2, 0) is 4.74 Å². The maximum absolute atomic E-state index is 12.0. The van der Waals surface area contributed by atoms with Crippen LogP contribution in [-0.4, -0.2) is 33.3 Å². The molecule has 3 aromatic rings. The highest BCUT2D eigenvalue weighted by Gasteiger charge is 2.18. The van der Waals surface area contributed by atoms with Crippen molar-refractivity contribution in [2.45, 2.75) is 26.4 Å². The third-order valence-electron chi connectivity index (χ3n) is 3.51. The lowest BCUT2D eigenvalue weighted by molar-refractivity contribution is 0.0635. The fraction of sp³-hybridized carbons (Fsp3) is 0.278.